The SMILES string of the molecule is CCCN(CC1COc2ccccc2O1)S(=O)(=O)c1cn(CC)nc1[N+](=O)[O-]. The van der Waals surface area contributed by atoms with Crippen LogP contribution in [0.15, 0.2) is 35.4 Å². The van der Waals surface area contributed by atoms with Crippen molar-refractivity contribution in [3.63, 3.8) is 0 Å². The summed E-state index contributed by atoms with van der Waals surface area (Å²) in [6.07, 6.45) is 1.21. The molecule has 2 aromatic rings. The normalized spacial score (nSPS) is 16.3. The molecule has 152 valence electrons. The zero-order valence-electron chi connectivity index (χ0n) is 15.6. The molecule has 0 radical (unpaired) electrons. The summed E-state index contributed by atoms with van der Waals surface area (Å²) in [6.45, 7) is 4.27. The molecule has 3 rings (SSSR count). The van der Waals surface area contributed by atoms with E-state index in [-0.39, 0.29) is 19.7 Å². The Morgan fingerprint density at radius 3 is 2.68 bits per heavy atom. The molecule has 0 aliphatic carbocycles. The van der Waals surface area contributed by atoms with Gasteiger partial charge >= 0.3 is 5.82 Å². The summed E-state index contributed by atoms with van der Waals surface area (Å²) in [7, 11) is -4.13. The molecule has 1 aliphatic rings. The highest BCUT2D eigenvalue weighted by Crippen LogP contribution is 2.32. The first-order valence-corrected chi connectivity index (χ1v) is 10.4. The van der Waals surface area contributed by atoms with Crippen molar-refractivity contribution in [3.8, 4) is 11.5 Å². The van der Waals surface area contributed by atoms with Crippen LogP contribution in [0.3, 0.4) is 0 Å². The molecule has 11 heteroatoms. The van der Waals surface area contributed by atoms with Crippen molar-refractivity contribution in [1.29, 1.82) is 0 Å². The fourth-order valence-corrected chi connectivity index (χ4v) is 4.61. The number of rotatable bonds is 8. The van der Waals surface area contributed by atoms with Crippen molar-refractivity contribution >= 4 is 15.8 Å². The third-order valence-corrected chi connectivity index (χ3v) is 6.13. The molecule has 1 aromatic heterocycles. The van der Waals surface area contributed by atoms with Crippen molar-refractivity contribution in [2.75, 3.05) is 19.7 Å². The lowest BCUT2D eigenvalue weighted by Crippen LogP contribution is -2.44. The van der Waals surface area contributed by atoms with Crippen LogP contribution in [0, 0.1) is 10.1 Å². The fraction of sp³-hybridized carbons (Fsp3) is 0.471. The summed E-state index contributed by atoms with van der Waals surface area (Å²) < 4.78 is 40.3. The van der Waals surface area contributed by atoms with Crippen LogP contribution in [0.4, 0.5) is 5.82 Å². The number of aryl methyl sites for hydroxylation is 1. The molecule has 0 fully saturated rings. The summed E-state index contributed by atoms with van der Waals surface area (Å²) in [5.74, 6) is 0.468. The number of para-hydroxylation sites is 2. The van der Waals surface area contributed by atoms with Gasteiger partial charge in [0.05, 0.1) is 24.4 Å². The number of benzene rings is 1. The van der Waals surface area contributed by atoms with Crippen LogP contribution in [0.1, 0.15) is 20.3 Å². The van der Waals surface area contributed by atoms with E-state index in [1.807, 2.05) is 13.0 Å². The fourth-order valence-electron chi connectivity index (χ4n) is 2.94. The minimum atomic E-state index is -4.13. The minimum Gasteiger partial charge on any atom is -0.486 e. The highest BCUT2D eigenvalue weighted by atomic mass is 32.2. The third-order valence-electron chi connectivity index (χ3n) is 4.27. The smallest absolute Gasteiger partial charge is 0.410 e. The Labute approximate surface area is 162 Å². The van der Waals surface area contributed by atoms with Crippen LogP contribution < -0.4 is 9.47 Å². The third kappa shape index (κ3) is 3.94. The van der Waals surface area contributed by atoms with Gasteiger partial charge in [0.15, 0.2) is 11.5 Å². The predicted octanol–water partition coefficient (Wildman–Crippen LogP) is 2.05. The van der Waals surface area contributed by atoms with Crippen LogP contribution in [0.25, 0.3) is 0 Å². The standard InChI is InChI=1S/C17H22N4O6S/c1-3-9-20(10-13-12-26-14-7-5-6-8-15(14)27-13)28(24,25)16-11-19(4-2)18-17(16)21(22)23/h5-8,11,13H,3-4,9-10,12H2,1-2H3. The average Bonchev–Trinajstić information content (AvgIpc) is 3.13. The first-order chi connectivity index (χ1) is 13.4. The minimum absolute atomic E-state index is 0.0129. The molecule has 0 spiro atoms. The van der Waals surface area contributed by atoms with Gasteiger partial charge in [0.2, 0.25) is 4.90 Å². The lowest BCUT2D eigenvalue weighted by molar-refractivity contribution is -0.392. The number of hydrogen-bond acceptors (Lipinski definition) is 7. The number of sulfonamides is 1. The second kappa shape index (κ2) is 8.15. The topological polar surface area (TPSA) is 117 Å². The molecule has 0 amide bonds. The Hall–Kier alpha value is -2.66. The molecule has 0 bridgehead atoms. The Kier molecular flexibility index (Phi) is 5.84. The zero-order valence-corrected chi connectivity index (χ0v) is 16.5. The van der Waals surface area contributed by atoms with Gasteiger partial charge in [-0.05, 0) is 30.4 Å². The van der Waals surface area contributed by atoms with E-state index in [2.05, 4.69) is 5.10 Å². The lowest BCUT2D eigenvalue weighted by Gasteiger charge is -2.30. The molecule has 1 atom stereocenters. The van der Waals surface area contributed by atoms with E-state index in [4.69, 9.17) is 9.47 Å². The second-order valence-corrected chi connectivity index (χ2v) is 8.20. The van der Waals surface area contributed by atoms with Crippen molar-refractivity contribution in [1.82, 2.24) is 14.1 Å². The van der Waals surface area contributed by atoms with Gasteiger partial charge in [0.25, 0.3) is 10.0 Å². The molecule has 1 aliphatic heterocycles. The maximum Gasteiger partial charge on any atom is 0.410 e. The molecule has 1 unspecified atom stereocenters. The van der Waals surface area contributed by atoms with Gasteiger partial charge in [-0.2, -0.15) is 8.99 Å². The van der Waals surface area contributed by atoms with E-state index in [0.29, 0.717) is 24.5 Å². The summed E-state index contributed by atoms with van der Waals surface area (Å²) in [5, 5.41) is 15.1. The van der Waals surface area contributed by atoms with Crippen molar-refractivity contribution in [3.05, 3.63) is 40.6 Å². The van der Waals surface area contributed by atoms with E-state index in [0.717, 1.165) is 0 Å². The summed E-state index contributed by atoms with van der Waals surface area (Å²) in [5.41, 5.74) is 0. The number of hydrogen-bond donors (Lipinski definition) is 0. The zero-order chi connectivity index (χ0) is 20.3. The molecule has 2 heterocycles. The molecular weight excluding hydrogens is 388 g/mol. The average molecular weight is 410 g/mol. The van der Waals surface area contributed by atoms with E-state index in [1.165, 1.54) is 15.2 Å². The number of ether oxygens (including phenoxy) is 2. The summed E-state index contributed by atoms with van der Waals surface area (Å²) >= 11 is 0. The Morgan fingerprint density at radius 1 is 1.32 bits per heavy atom. The van der Waals surface area contributed by atoms with Crippen LogP contribution in [-0.4, -0.2) is 53.2 Å². The number of nitro groups is 1. The van der Waals surface area contributed by atoms with E-state index in [9.17, 15) is 18.5 Å². The molecule has 0 N–H and O–H groups in total. The Bertz CT molecular complexity index is 958. The Balaban J connectivity index is 1.88. The monoisotopic (exact) mass is 410 g/mol. The quantitative estimate of drug-likeness (QED) is 0.483. The van der Waals surface area contributed by atoms with Gasteiger partial charge in [0.1, 0.15) is 12.7 Å². The van der Waals surface area contributed by atoms with Crippen LogP contribution >= 0.6 is 0 Å². The van der Waals surface area contributed by atoms with Crippen LogP contribution in [-0.2, 0) is 16.6 Å². The second-order valence-electron chi connectivity index (χ2n) is 6.29. The van der Waals surface area contributed by atoms with Gasteiger partial charge < -0.3 is 19.6 Å². The van der Waals surface area contributed by atoms with Crippen LogP contribution in [0.2, 0.25) is 0 Å². The predicted molar refractivity (Wildman–Crippen MR) is 100.0 cm³/mol. The molecule has 10 nitrogen and oxygen atoms in total. The summed E-state index contributed by atoms with van der Waals surface area (Å²) in [6, 6.07) is 7.14. The van der Waals surface area contributed by atoms with Crippen molar-refractivity contribution in [2.45, 2.75) is 37.8 Å². The number of nitrogens with zero attached hydrogens (tertiary/aromatic N) is 4. The van der Waals surface area contributed by atoms with Crippen molar-refractivity contribution in [2.24, 2.45) is 0 Å². The van der Waals surface area contributed by atoms with Gasteiger partial charge in [-0.3, -0.25) is 0 Å². The van der Waals surface area contributed by atoms with Gasteiger partial charge in [0, 0.05) is 6.54 Å². The molecule has 0 saturated carbocycles. The van der Waals surface area contributed by atoms with E-state index < -0.39 is 31.8 Å². The molecule has 28 heavy (non-hydrogen) atoms. The molecule has 0 saturated heterocycles. The van der Waals surface area contributed by atoms with Gasteiger partial charge in [-0.1, -0.05) is 19.1 Å². The van der Waals surface area contributed by atoms with Gasteiger partial charge in [-0.25, -0.2) is 8.42 Å². The largest absolute Gasteiger partial charge is 0.486 e. The molecular formula is C17H22N4O6S. The maximum absolute atomic E-state index is 13.2. The number of aromatic nitrogens is 2. The Morgan fingerprint density at radius 2 is 2.04 bits per heavy atom. The first kappa shape index (κ1) is 20.1. The number of fused-ring (bicyclic) bond motifs is 1. The molecule has 1 aromatic carbocycles. The summed E-state index contributed by atoms with van der Waals surface area (Å²) in [4.78, 5) is 10.1. The van der Waals surface area contributed by atoms with E-state index >= 15 is 0 Å². The van der Waals surface area contributed by atoms with Crippen LogP contribution in [0.5, 0.6) is 11.5 Å². The van der Waals surface area contributed by atoms with Crippen molar-refractivity contribution < 1.29 is 22.8 Å². The highest BCUT2D eigenvalue weighted by Gasteiger charge is 2.37. The van der Waals surface area contributed by atoms with Gasteiger partial charge in [-0.15, -0.1) is 0 Å². The lowest BCUT2D eigenvalue weighted by atomic mass is 10.2. The first-order valence-electron chi connectivity index (χ1n) is 8.97. The highest BCUT2D eigenvalue weighted by molar-refractivity contribution is 7.89. The van der Waals surface area contributed by atoms with E-state index in [1.54, 1.807) is 25.1 Å². The maximum atomic E-state index is 13.2.